The topological polar surface area (TPSA) is 75.7 Å². The van der Waals surface area contributed by atoms with E-state index in [-0.39, 0.29) is 13.2 Å². The molecule has 0 aromatic heterocycles. The lowest BCUT2D eigenvalue weighted by Crippen LogP contribution is -2.34. The van der Waals surface area contributed by atoms with Gasteiger partial charge in [-0.25, -0.2) is 14.5 Å². The lowest BCUT2D eigenvalue weighted by atomic mass is 10.6. The molecule has 6 nitrogen and oxygen atoms in total. The zero-order valence-electron chi connectivity index (χ0n) is 6.78. The SMILES string of the molecule is C=CCOC(=O)N1CC(=O)NC1=O. The Bertz CT molecular complexity index is 274. The fourth-order valence-electron chi connectivity index (χ4n) is 0.797. The first-order valence-electron chi connectivity index (χ1n) is 3.54. The number of urea groups is 1. The molecule has 0 atom stereocenters. The van der Waals surface area contributed by atoms with Crippen LogP contribution < -0.4 is 5.32 Å². The van der Waals surface area contributed by atoms with Gasteiger partial charge in [0.1, 0.15) is 13.2 Å². The molecule has 1 saturated heterocycles. The maximum absolute atomic E-state index is 11.0. The fraction of sp³-hybridized carbons (Fsp3) is 0.286. The second-order valence-electron chi connectivity index (χ2n) is 2.31. The molecule has 0 unspecified atom stereocenters. The average Bonchev–Trinajstić information content (AvgIpc) is 2.41. The summed E-state index contributed by atoms with van der Waals surface area (Å²) in [7, 11) is 0. The van der Waals surface area contributed by atoms with Gasteiger partial charge in [0, 0.05) is 0 Å². The van der Waals surface area contributed by atoms with E-state index < -0.39 is 18.0 Å². The van der Waals surface area contributed by atoms with Crippen molar-refractivity contribution in [1.82, 2.24) is 10.2 Å². The number of rotatable bonds is 2. The summed E-state index contributed by atoms with van der Waals surface area (Å²) in [5, 5.41) is 1.95. The summed E-state index contributed by atoms with van der Waals surface area (Å²) >= 11 is 0. The second kappa shape index (κ2) is 3.70. The minimum atomic E-state index is -0.844. The van der Waals surface area contributed by atoms with Crippen LogP contribution in [0, 0.1) is 0 Å². The first kappa shape index (κ1) is 9.24. The smallest absolute Gasteiger partial charge is 0.418 e. The van der Waals surface area contributed by atoms with Crippen LogP contribution in [0.3, 0.4) is 0 Å². The number of amides is 4. The quantitative estimate of drug-likeness (QED) is 0.478. The minimum absolute atomic E-state index is 0.0107. The maximum atomic E-state index is 11.0. The van der Waals surface area contributed by atoms with Gasteiger partial charge >= 0.3 is 12.1 Å². The first-order chi connectivity index (χ1) is 6.15. The minimum Gasteiger partial charge on any atom is -0.445 e. The molecule has 0 aromatic carbocycles. The molecule has 0 aliphatic carbocycles. The Hall–Kier alpha value is -1.85. The number of carbonyl (C=O) groups excluding carboxylic acids is 3. The average molecular weight is 184 g/mol. The van der Waals surface area contributed by atoms with Crippen molar-refractivity contribution < 1.29 is 19.1 Å². The van der Waals surface area contributed by atoms with Gasteiger partial charge in [-0.15, -0.1) is 0 Å². The van der Waals surface area contributed by atoms with E-state index in [1.807, 2.05) is 5.32 Å². The van der Waals surface area contributed by atoms with E-state index in [1.54, 1.807) is 0 Å². The van der Waals surface area contributed by atoms with Gasteiger partial charge in [0.25, 0.3) is 0 Å². The molecule has 0 bridgehead atoms. The van der Waals surface area contributed by atoms with E-state index in [0.717, 1.165) is 0 Å². The highest BCUT2D eigenvalue weighted by Gasteiger charge is 2.32. The summed E-state index contributed by atoms with van der Waals surface area (Å²) in [5.74, 6) is -0.513. The Kier molecular flexibility index (Phi) is 2.63. The lowest BCUT2D eigenvalue weighted by molar-refractivity contribution is -0.118. The van der Waals surface area contributed by atoms with Gasteiger partial charge in [0.2, 0.25) is 5.91 Å². The van der Waals surface area contributed by atoms with Crippen LogP contribution in [-0.2, 0) is 9.53 Å². The van der Waals surface area contributed by atoms with Crippen LogP contribution in [0.2, 0.25) is 0 Å². The molecule has 1 aliphatic rings. The third-order valence-corrected chi connectivity index (χ3v) is 1.34. The van der Waals surface area contributed by atoms with E-state index in [2.05, 4.69) is 11.3 Å². The van der Waals surface area contributed by atoms with Crippen LogP contribution in [0.25, 0.3) is 0 Å². The van der Waals surface area contributed by atoms with Gasteiger partial charge in [-0.05, 0) is 0 Å². The lowest BCUT2D eigenvalue weighted by Gasteiger charge is -2.09. The van der Waals surface area contributed by atoms with E-state index in [4.69, 9.17) is 0 Å². The number of nitrogens with zero attached hydrogens (tertiary/aromatic N) is 1. The van der Waals surface area contributed by atoms with Crippen molar-refractivity contribution in [3.63, 3.8) is 0 Å². The highest BCUT2D eigenvalue weighted by Crippen LogP contribution is 2.00. The van der Waals surface area contributed by atoms with Crippen molar-refractivity contribution in [3.8, 4) is 0 Å². The monoisotopic (exact) mass is 184 g/mol. The first-order valence-corrected chi connectivity index (χ1v) is 3.54. The summed E-state index contributed by atoms with van der Waals surface area (Å²) in [6, 6.07) is -0.751. The predicted molar refractivity (Wildman–Crippen MR) is 41.8 cm³/mol. The molecule has 1 heterocycles. The number of hydrogen-bond donors (Lipinski definition) is 1. The van der Waals surface area contributed by atoms with Crippen molar-refractivity contribution in [1.29, 1.82) is 0 Å². The van der Waals surface area contributed by atoms with Crippen LogP contribution in [0.1, 0.15) is 0 Å². The Balaban J connectivity index is 2.52. The van der Waals surface area contributed by atoms with Gasteiger partial charge in [0.05, 0.1) is 0 Å². The highest BCUT2D eigenvalue weighted by atomic mass is 16.6. The predicted octanol–water partition coefficient (Wildman–Crippen LogP) is -0.139. The highest BCUT2D eigenvalue weighted by molar-refractivity contribution is 6.08. The number of nitrogens with one attached hydrogen (secondary N) is 1. The molecule has 1 fully saturated rings. The van der Waals surface area contributed by atoms with Gasteiger partial charge in [-0.2, -0.15) is 0 Å². The molecule has 70 valence electrons. The summed E-state index contributed by atoms with van der Waals surface area (Å²) in [6.45, 7) is 3.06. The Labute approximate surface area is 74.1 Å². The van der Waals surface area contributed by atoms with E-state index in [0.29, 0.717) is 4.90 Å². The molecule has 13 heavy (non-hydrogen) atoms. The molecule has 1 aliphatic heterocycles. The zero-order valence-corrected chi connectivity index (χ0v) is 6.78. The van der Waals surface area contributed by atoms with Gasteiger partial charge in [-0.3, -0.25) is 10.1 Å². The van der Waals surface area contributed by atoms with Crippen LogP contribution in [-0.4, -0.2) is 36.1 Å². The molecule has 0 spiro atoms. The van der Waals surface area contributed by atoms with Gasteiger partial charge in [0.15, 0.2) is 0 Å². The summed E-state index contributed by atoms with van der Waals surface area (Å²) in [5.41, 5.74) is 0. The molecule has 0 aromatic rings. The van der Waals surface area contributed by atoms with Gasteiger partial charge in [-0.1, -0.05) is 12.7 Å². The van der Waals surface area contributed by atoms with Gasteiger partial charge < -0.3 is 4.74 Å². The standard InChI is InChI=1S/C7H8N2O4/c1-2-3-13-7(12)9-4-5(10)8-6(9)11/h2H,1,3-4H2,(H,8,10,11). The molecule has 6 heteroatoms. The van der Waals surface area contributed by atoms with Crippen LogP contribution >= 0.6 is 0 Å². The Morgan fingerprint density at radius 3 is 2.85 bits per heavy atom. The largest absolute Gasteiger partial charge is 0.445 e. The molecule has 1 N–H and O–H groups in total. The summed E-state index contributed by atoms with van der Waals surface area (Å²) in [4.78, 5) is 33.2. The molecular weight excluding hydrogens is 176 g/mol. The third kappa shape index (κ3) is 2.05. The van der Waals surface area contributed by atoms with Crippen molar-refractivity contribution >= 4 is 18.0 Å². The second-order valence-corrected chi connectivity index (χ2v) is 2.31. The number of ether oxygens (including phenoxy) is 1. The van der Waals surface area contributed by atoms with Crippen molar-refractivity contribution in [3.05, 3.63) is 12.7 Å². The molecule has 1 rings (SSSR count). The Morgan fingerprint density at radius 2 is 2.38 bits per heavy atom. The number of carbonyl (C=O) groups is 3. The molecule has 4 amide bonds. The van der Waals surface area contributed by atoms with Crippen molar-refractivity contribution in [2.45, 2.75) is 0 Å². The fourth-order valence-corrected chi connectivity index (χ4v) is 0.797. The number of imide groups is 2. The van der Waals surface area contributed by atoms with E-state index >= 15 is 0 Å². The van der Waals surface area contributed by atoms with Crippen LogP contribution in [0.15, 0.2) is 12.7 Å². The van der Waals surface area contributed by atoms with Crippen LogP contribution in [0.4, 0.5) is 9.59 Å². The molecule has 0 saturated carbocycles. The van der Waals surface area contributed by atoms with Crippen molar-refractivity contribution in [2.24, 2.45) is 0 Å². The Morgan fingerprint density at radius 1 is 1.69 bits per heavy atom. The summed E-state index contributed by atoms with van der Waals surface area (Å²) in [6.07, 6.45) is 0.525. The van der Waals surface area contributed by atoms with Crippen LogP contribution in [0.5, 0.6) is 0 Å². The third-order valence-electron chi connectivity index (χ3n) is 1.34. The molecular formula is C7H8N2O4. The van der Waals surface area contributed by atoms with E-state index in [9.17, 15) is 14.4 Å². The summed E-state index contributed by atoms with van der Waals surface area (Å²) < 4.78 is 4.55. The van der Waals surface area contributed by atoms with E-state index in [1.165, 1.54) is 6.08 Å². The maximum Gasteiger partial charge on any atom is 0.418 e. The number of hydrogen-bond acceptors (Lipinski definition) is 4. The normalized spacial score (nSPS) is 15.5. The van der Waals surface area contributed by atoms with Crippen molar-refractivity contribution in [2.75, 3.05) is 13.2 Å². The molecule has 0 radical (unpaired) electrons. The zero-order chi connectivity index (χ0) is 9.84.